The highest BCUT2D eigenvalue weighted by atomic mass is 79.9. The lowest BCUT2D eigenvalue weighted by molar-refractivity contribution is 0.0814. The van der Waals surface area contributed by atoms with E-state index in [-0.39, 0.29) is 0 Å². The summed E-state index contributed by atoms with van der Waals surface area (Å²) in [6.45, 7) is 8.92. The molecule has 0 fully saturated rings. The largest absolute Gasteiger partial charge is 0.491 e. The van der Waals surface area contributed by atoms with E-state index in [4.69, 9.17) is 15.2 Å². The molecule has 1 aromatic rings. The molecular weight excluding hydrogens is 306 g/mol. The average Bonchev–Trinajstić information content (AvgIpc) is 2.31. The first-order valence-electron chi connectivity index (χ1n) is 6.74. The van der Waals surface area contributed by atoms with E-state index in [0.717, 1.165) is 34.4 Å². The number of hydrogen-bond donors (Lipinski definition) is 1. The van der Waals surface area contributed by atoms with Crippen molar-refractivity contribution in [1.29, 1.82) is 0 Å². The summed E-state index contributed by atoms with van der Waals surface area (Å²) in [4.78, 5) is 0. The molecule has 0 bridgehead atoms. The average molecular weight is 330 g/mol. The van der Waals surface area contributed by atoms with Gasteiger partial charge in [0.15, 0.2) is 0 Å². The smallest absolute Gasteiger partial charge is 0.125 e. The van der Waals surface area contributed by atoms with Gasteiger partial charge in [-0.05, 0) is 49.1 Å². The van der Waals surface area contributed by atoms with E-state index in [1.807, 2.05) is 0 Å². The van der Waals surface area contributed by atoms with Crippen LogP contribution in [-0.2, 0) is 11.2 Å². The van der Waals surface area contributed by atoms with Gasteiger partial charge in [-0.25, -0.2) is 0 Å². The quantitative estimate of drug-likeness (QED) is 0.744. The molecule has 0 saturated heterocycles. The Balaban J connectivity index is 2.56. The molecule has 2 N–H and O–H groups in total. The predicted octanol–water partition coefficient (Wildman–Crippen LogP) is 3.31. The minimum Gasteiger partial charge on any atom is -0.491 e. The third-order valence-corrected chi connectivity index (χ3v) is 3.11. The first-order valence-corrected chi connectivity index (χ1v) is 7.53. The number of hydrogen-bond acceptors (Lipinski definition) is 3. The highest BCUT2D eigenvalue weighted by molar-refractivity contribution is 9.10. The second-order valence-electron chi connectivity index (χ2n) is 5.07. The van der Waals surface area contributed by atoms with Crippen molar-refractivity contribution in [1.82, 2.24) is 0 Å². The molecule has 0 amide bonds. The third-order valence-electron chi connectivity index (χ3n) is 2.66. The summed E-state index contributed by atoms with van der Waals surface area (Å²) in [5.74, 6) is 1.50. The molecule has 108 valence electrons. The summed E-state index contributed by atoms with van der Waals surface area (Å²) >= 11 is 3.51. The van der Waals surface area contributed by atoms with Crippen molar-refractivity contribution in [3.8, 4) is 5.75 Å². The Morgan fingerprint density at radius 2 is 2.00 bits per heavy atom. The minimum absolute atomic E-state index is 0.558. The fourth-order valence-electron chi connectivity index (χ4n) is 1.87. The summed E-state index contributed by atoms with van der Waals surface area (Å²) in [6, 6.07) is 4.13. The van der Waals surface area contributed by atoms with Gasteiger partial charge in [0, 0.05) is 11.1 Å². The van der Waals surface area contributed by atoms with Crippen LogP contribution in [0.2, 0.25) is 0 Å². The van der Waals surface area contributed by atoms with Crippen LogP contribution < -0.4 is 10.5 Å². The van der Waals surface area contributed by atoms with Crippen molar-refractivity contribution < 1.29 is 9.47 Å². The fraction of sp³-hybridized carbons (Fsp3) is 0.600. The molecule has 0 radical (unpaired) electrons. The maximum Gasteiger partial charge on any atom is 0.125 e. The number of rotatable bonds is 8. The minimum atomic E-state index is 0.558. The van der Waals surface area contributed by atoms with Gasteiger partial charge < -0.3 is 15.2 Å². The first kappa shape index (κ1) is 16.5. The van der Waals surface area contributed by atoms with Crippen molar-refractivity contribution in [2.24, 2.45) is 11.7 Å². The van der Waals surface area contributed by atoms with Crippen molar-refractivity contribution in [3.05, 3.63) is 27.7 Å². The van der Waals surface area contributed by atoms with Crippen LogP contribution >= 0.6 is 15.9 Å². The van der Waals surface area contributed by atoms with Crippen LogP contribution in [0.3, 0.4) is 0 Å². The van der Waals surface area contributed by atoms with Crippen LogP contribution in [0.5, 0.6) is 5.75 Å². The Kier molecular flexibility index (Phi) is 7.42. The van der Waals surface area contributed by atoms with Gasteiger partial charge in [0.05, 0.1) is 6.61 Å². The second kappa shape index (κ2) is 8.56. The molecule has 0 atom stereocenters. The highest BCUT2D eigenvalue weighted by Gasteiger charge is 2.08. The summed E-state index contributed by atoms with van der Waals surface area (Å²) in [5.41, 5.74) is 7.92. The van der Waals surface area contributed by atoms with Crippen LogP contribution in [0.25, 0.3) is 0 Å². The molecule has 1 rings (SSSR count). The molecule has 0 aliphatic rings. The Labute approximate surface area is 124 Å². The van der Waals surface area contributed by atoms with Gasteiger partial charge in [0.1, 0.15) is 12.4 Å². The molecule has 1 aromatic carbocycles. The Morgan fingerprint density at radius 3 is 2.63 bits per heavy atom. The zero-order valence-electron chi connectivity index (χ0n) is 12.0. The van der Waals surface area contributed by atoms with Crippen LogP contribution in [0.15, 0.2) is 16.6 Å². The standard InChI is InChI=1S/C15H24BrNO2/c1-11(2)10-18-6-7-19-15-12(3)8-14(16)9-13(15)4-5-17/h8-9,11H,4-7,10,17H2,1-3H3. The molecule has 4 heteroatoms. The number of benzene rings is 1. The lowest BCUT2D eigenvalue weighted by Crippen LogP contribution is -2.12. The first-order chi connectivity index (χ1) is 9.04. The van der Waals surface area contributed by atoms with Crippen LogP contribution in [0.4, 0.5) is 0 Å². The zero-order chi connectivity index (χ0) is 14.3. The van der Waals surface area contributed by atoms with E-state index < -0.39 is 0 Å². The molecule has 0 aliphatic carbocycles. The van der Waals surface area contributed by atoms with E-state index in [1.54, 1.807) is 0 Å². The number of ether oxygens (including phenoxy) is 2. The molecule has 0 spiro atoms. The summed E-state index contributed by atoms with van der Waals surface area (Å²) in [7, 11) is 0. The van der Waals surface area contributed by atoms with Gasteiger partial charge >= 0.3 is 0 Å². The maximum absolute atomic E-state index is 5.86. The van der Waals surface area contributed by atoms with Gasteiger partial charge in [-0.1, -0.05) is 29.8 Å². The van der Waals surface area contributed by atoms with E-state index in [9.17, 15) is 0 Å². The summed E-state index contributed by atoms with van der Waals surface area (Å²) in [5, 5.41) is 0. The lowest BCUT2D eigenvalue weighted by atomic mass is 10.1. The van der Waals surface area contributed by atoms with E-state index >= 15 is 0 Å². The van der Waals surface area contributed by atoms with E-state index in [0.29, 0.717) is 25.7 Å². The zero-order valence-corrected chi connectivity index (χ0v) is 13.6. The lowest BCUT2D eigenvalue weighted by Gasteiger charge is -2.15. The van der Waals surface area contributed by atoms with Gasteiger partial charge in [-0.2, -0.15) is 0 Å². The molecule has 19 heavy (non-hydrogen) atoms. The third kappa shape index (κ3) is 5.93. The summed E-state index contributed by atoms with van der Waals surface area (Å²) in [6.07, 6.45) is 0.822. The molecule has 0 heterocycles. The molecular formula is C15H24BrNO2. The van der Waals surface area contributed by atoms with Crippen molar-refractivity contribution in [2.75, 3.05) is 26.4 Å². The highest BCUT2D eigenvalue weighted by Crippen LogP contribution is 2.28. The van der Waals surface area contributed by atoms with Crippen molar-refractivity contribution in [2.45, 2.75) is 27.2 Å². The maximum atomic E-state index is 5.86. The van der Waals surface area contributed by atoms with Crippen LogP contribution in [0.1, 0.15) is 25.0 Å². The normalized spacial score (nSPS) is 11.1. The monoisotopic (exact) mass is 329 g/mol. The van der Waals surface area contributed by atoms with Crippen molar-refractivity contribution >= 4 is 15.9 Å². The molecule has 3 nitrogen and oxygen atoms in total. The summed E-state index contributed by atoms with van der Waals surface area (Å²) < 4.78 is 12.4. The van der Waals surface area contributed by atoms with E-state index in [2.05, 4.69) is 48.8 Å². The van der Waals surface area contributed by atoms with Gasteiger partial charge in [0.25, 0.3) is 0 Å². The molecule has 0 aliphatic heterocycles. The van der Waals surface area contributed by atoms with Gasteiger partial charge in [0.2, 0.25) is 0 Å². The molecule has 0 unspecified atom stereocenters. The molecule has 0 aromatic heterocycles. The molecule has 0 saturated carbocycles. The Bertz CT molecular complexity index is 394. The topological polar surface area (TPSA) is 44.5 Å². The van der Waals surface area contributed by atoms with Crippen LogP contribution in [0, 0.1) is 12.8 Å². The van der Waals surface area contributed by atoms with Gasteiger partial charge in [-0.3, -0.25) is 0 Å². The SMILES string of the molecule is Cc1cc(Br)cc(CCN)c1OCCOCC(C)C. The van der Waals surface area contributed by atoms with Crippen molar-refractivity contribution in [3.63, 3.8) is 0 Å². The second-order valence-corrected chi connectivity index (χ2v) is 5.98. The Morgan fingerprint density at radius 1 is 1.26 bits per heavy atom. The predicted molar refractivity (Wildman–Crippen MR) is 82.8 cm³/mol. The van der Waals surface area contributed by atoms with Crippen LogP contribution in [-0.4, -0.2) is 26.4 Å². The number of halogens is 1. The fourth-order valence-corrected chi connectivity index (χ4v) is 2.49. The number of aryl methyl sites for hydroxylation is 1. The number of nitrogens with two attached hydrogens (primary N) is 1. The van der Waals surface area contributed by atoms with Gasteiger partial charge in [-0.15, -0.1) is 0 Å². The Hall–Kier alpha value is -0.580. The van der Waals surface area contributed by atoms with E-state index in [1.165, 1.54) is 0 Å².